The Morgan fingerprint density at radius 3 is 2.25 bits per heavy atom. The van der Waals surface area contributed by atoms with E-state index in [2.05, 4.69) is 23.5 Å². The van der Waals surface area contributed by atoms with Crippen LogP contribution in [0.3, 0.4) is 0 Å². The first-order valence-corrected chi connectivity index (χ1v) is 11.3. The van der Waals surface area contributed by atoms with E-state index in [-0.39, 0.29) is 18.2 Å². The van der Waals surface area contributed by atoms with Gasteiger partial charge in [-0.1, -0.05) is 48.0 Å². The van der Waals surface area contributed by atoms with Crippen LogP contribution in [0.25, 0.3) is 0 Å². The SMILES string of the molecule is Cc1ccc(S(=O)(=O)NC(CCN2CC(C)OC(C)C2)c2ccccc2)cc1. The lowest BCUT2D eigenvalue weighted by molar-refractivity contribution is -0.0685. The summed E-state index contributed by atoms with van der Waals surface area (Å²) in [7, 11) is -3.59. The maximum absolute atomic E-state index is 12.9. The Hall–Kier alpha value is -1.73. The van der Waals surface area contributed by atoms with E-state index >= 15 is 0 Å². The standard InChI is InChI=1S/C22H30N2O3S/c1-17-9-11-21(12-10-17)28(25,26)23-22(20-7-5-4-6-8-20)13-14-24-15-18(2)27-19(3)16-24/h4-12,18-19,22-23H,13-16H2,1-3H3. The first-order chi connectivity index (χ1) is 13.3. The zero-order valence-electron chi connectivity index (χ0n) is 16.8. The molecule has 1 heterocycles. The van der Waals surface area contributed by atoms with Gasteiger partial charge >= 0.3 is 0 Å². The summed E-state index contributed by atoms with van der Waals surface area (Å²) in [5, 5.41) is 0. The van der Waals surface area contributed by atoms with Crippen molar-refractivity contribution >= 4 is 10.0 Å². The van der Waals surface area contributed by atoms with Gasteiger partial charge in [0.05, 0.1) is 17.1 Å². The highest BCUT2D eigenvalue weighted by molar-refractivity contribution is 7.89. The summed E-state index contributed by atoms with van der Waals surface area (Å²) in [5.74, 6) is 0. The molecule has 1 aliphatic rings. The van der Waals surface area contributed by atoms with Gasteiger partial charge in [-0.3, -0.25) is 4.90 Å². The largest absolute Gasteiger partial charge is 0.373 e. The van der Waals surface area contributed by atoms with Crippen LogP contribution in [0.1, 0.15) is 37.4 Å². The lowest BCUT2D eigenvalue weighted by Gasteiger charge is -2.36. The van der Waals surface area contributed by atoms with E-state index in [0.29, 0.717) is 11.3 Å². The van der Waals surface area contributed by atoms with E-state index in [1.165, 1.54) is 0 Å². The number of hydrogen-bond donors (Lipinski definition) is 1. The minimum atomic E-state index is -3.59. The molecule has 3 rings (SSSR count). The van der Waals surface area contributed by atoms with Crippen molar-refractivity contribution in [2.45, 2.75) is 50.3 Å². The number of hydrogen-bond acceptors (Lipinski definition) is 4. The lowest BCUT2D eigenvalue weighted by atomic mass is 10.0. The molecule has 1 aliphatic heterocycles. The highest BCUT2D eigenvalue weighted by atomic mass is 32.2. The van der Waals surface area contributed by atoms with Crippen LogP contribution < -0.4 is 4.72 Å². The van der Waals surface area contributed by atoms with Crippen LogP contribution in [0.15, 0.2) is 59.5 Å². The van der Waals surface area contributed by atoms with Gasteiger partial charge in [-0.2, -0.15) is 0 Å². The molecule has 0 aliphatic carbocycles. The molecular weight excluding hydrogens is 372 g/mol. The van der Waals surface area contributed by atoms with Crippen LogP contribution in [0, 0.1) is 6.92 Å². The van der Waals surface area contributed by atoms with Crippen LogP contribution >= 0.6 is 0 Å². The third-order valence-corrected chi connectivity index (χ3v) is 6.55. The van der Waals surface area contributed by atoms with E-state index in [1.54, 1.807) is 12.1 Å². The van der Waals surface area contributed by atoms with Crippen LogP contribution in [0.4, 0.5) is 0 Å². The number of benzene rings is 2. The molecule has 5 nitrogen and oxygen atoms in total. The Balaban J connectivity index is 1.75. The van der Waals surface area contributed by atoms with Crippen molar-refractivity contribution < 1.29 is 13.2 Å². The monoisotopic (exact) mass is 402 g/mol. The van der Waals surface area contributed by atoms with Gasteiger partial charge in [-0.05, 0) is 44.9 Å². The minimum absolute atomic E-state index is 0.197. The zero-order valence-corrected chi connectivity index (χ0v) is 17.7. The predicted octanol–water partition coefficient (Wildman–Crippen LogP) is 3.51. The van der Waals surface area contributed by atoms with Gasteiger partial charge in [0.2, 0.25) is 10.0 Å². The predicted molar refractivity (Wildman–Crippen MR) is 112 cm³/mol. The molecule has 1 saturated heterocycles. The van der Waals surface area contributed by atoms with E-state index < -0.39 is 10.0 Å². The summed E-state index contributed by atoms with van der Waals surface area (Å²) in [6.07, 6.45) is 1.10. The number of aryl methyl sites for hydroxylation is 1. The maximum atomic E-state index is 12.9. The second-order valence-corrected chi connectivity index (χ2v) is 9.42. The van der Waals surface area contributed by atoms with Crippen molar-refractivity contribution in [2.75, 3.05) is 19.6 Å². The number of ether oxygens (including phenoxy) is 1. The molecule has 6 heteroatoms. The highest BCUT2D eigenvalue weighted by Crippen LogP contribution is 2.22. The van der Waals surface area contributed by atoms with Gasteiger partial charge < -0.3 is 4.74 Å². The number of morpholine rings is 1. The second kappa shape index (κ2) is 9.18. The topological polar surface area (TPSA) is 58.6 Å². The molecule has 2 aromatic carbocycles. The van der Waals surface area contributed by atoms with Crippen molar-refractivity contribution in [1.82, 2.24) is 9.62 Å². The third kappa shape index (κ3) is 5.64. The molecule has 152 valence electrons. The minimum Gasteiger partial charge on any atom is -0.373 e. The molecule has 28 heavy (non-hydrogen) atoms. The fraction of sp³-hybridized carbons (Fsp3) is 0.455. The number of rotatable bonds is 7. The highest BCUT2D eigenvalue weighted by Gasteiger charge is 2.25. The molecule has 3 unspecified atom stereocenters. The molecular formula is C22H30N2O3S. The Labute approximate surface area is 168 Å². The Bertz CT molecular complexity index is 843. The number of nitrogens with zero attached hydrogens (tertiary/aromatic N) is 1. The normalized spacial score (nSPS) is 22.1. The molecule has 0 spiro atoms. The number of sulfonamides is 1. The van der Waals surface area contributed by atoms with Crippen LogP contribution in [0.5, 0.6) is 0 Å². The van der Waals surface area contributed by atoms with Crippen molar-refractivity contribution in [3.05, 3.63) is 65.7 Å². The van der Waals surface area contributed by atoms with Gasteiger partial charge in [-0.15, -0.1) is 0 Å². The quantitative estimate of drug-likeness (QED) is 0.770. The first-order valence-electron chi connectivity index (χ1n) is 9.85. The smallest absolute Gasteiger partial charge is 0.241 e. The Morgan fingerprint density at radius 2 is 1.64 bits per heavy atom. The van der Waals surface area contributed by atoms with Gasteiger partial charge in [0, 0.05) is 25.7 Å². The van der Waals surface area contributed by atoms with Crippen molar-refractivity contribution in [3.63, 3.8) is 0 Å². The molecule has 0 radical (unpaired) electrons. The van der Waals surface area contributed by atoms with Crippen molar-refractivity contribution in [3.8, 4) is 0 Å². The average Bonchev–Trinajstić information content (AvgIpc) is 2.65. The van der Waals surface area contributed by atoms with Gasteiger partial charge in [0.25, 0.3) is 0 Å². The van der Waals surface area contributed by atoms with Gasteiger partial charge in [0.15, 0.2) is 0 Å². The molecule has 0 amide bonds. The Kier molecular flexibility index (Phi) is 6.88. The summed E-state index contributed by atoms with van der Waals surface area (Å²) in [6.45, 7) is 8.66. The van der Waals surface area contributed by atoms with E-state index in [0.717, 1.165) is 30.8 Å². The Morgan fingerprint density at radius 1 is 1.04 bits per heavy atom. The molecule has 0 saturated carbocycles. The second-order valence-electron chi connectivity index (χ2n) is 7.70. The van der Waals surface area contributed by atoms with Gasteiger partial charge in [-0.25, -0.2) is 13.1 Å². The van der Waals surface area contributed by atoms with Crippen molar-refractivity contribution in [1.29, 1.82) is 0 Å². The molecule has 0 aromatic heterocycles. The van der Waals surface area contributed by atoms with E-state index in [9.17, 15) is 8.42 Å². The molecule has 1 fully saturated rings. The summed E-state index contributed by atoms with van der Waals surface area (Å²) >= 11 is 0. The van der Waals surface area contributed by atoms with Crippen LogP contribution in [-0.4, -0.2) is 45.2 Å². The fourth-order valence-corrected chi connectivity index (χ4v) is 4.99. The number of nitrogens with one attached hydrogen (secondary N) is 1. The van der Waals surface area contributed by atoms with Crippen molar-refractivity contribution in [2.24, 2.45) is 0 Å². The molecule has 0 bridgehead atoms. The summed E-state index contributed by atoms with van der Waals surface area (Å²) in [6, 6.07) is 16.5. The molecule has 3 atom stereocenters. The summed E-state index contributed by atoms with van der Waals surface area (Å²) < 4.78 is 34.6. The van der Waals surface area contributed by atoms with E-state index in [1.807, 2.05) is 49.4 Å². The summed E-state index contributed by atoms with van der Waals surface area (Å²) in [5.41, 5.74) is 2.02. The third-order valence-electron chi connectivity index (χ3n) is 5.06. The lowest BCUT2D eigenvalue weighted by Crippen LogP contribution is -2.46. The first kappa shape index (κ1) is 21.0. The van der Waals surface area contributed by atoms with Gasteiger partial charge in [0.1, 0.15) is 0 Å². The zero-order chi connectivity index (χ0) is 20.1. The molecule has 2 aromatic rings. The summed E-state index contributed by atoms with van der Waals surface area (Å²) in [4.78, 5) is 2.65. The van der Waals surface area contributed by atoms with Crippen LogP contribution in [-0.2, 0) is 14.8 Å². The average molecular weight is 403 g/mol. The fourth-order valence-electron chi connectivity index (χ4n) is 3.73. The van der Waals surface area contributed by atoms with E-state index in [4.69, 9.17) is 4.74 Å². The van der Waals surface area contributed by atoms with Crippen LogP contribution in [0.2, 0.25) is 0 Å². The maximum Gasteiger partial charge on any atom is 0.241 e. The molecule has 1 N–H and O–H groups in total.